The second-order valence-corrected chi connectivity index (χ2v) is 6.13. The first-order valence-electron chi connectivity index (χ1n) is 6.75. The van der Waals surface area contributed by atoms with Gasteiger partial charge in [0.1, 0.15) is 0 Å². The first-order chi connectivity index (χ1) is 11.5. The van der Waals surface area contributed by atoms with Crippen LogP contribution < -0.4 is 8.37 Å². The molecular weight excluding hydrogens is 330 g/mol. The Hall–Kier alpha value is -3.24. The molecular formula is C17H11NO5S. The summed E-state index contributed by atoms with van der Waals surface area (Å²) in [5, 5.41) is 8.64. The summed E-state index contributed by atoms with van der Waals surface area (Å²) in [5.41, 5.74) is 1.65. The normalized spacial score (nSPS) is 18.3. The predicted molar refractivity (Wildman–Crippen MR) is 89.0 cm³/mol. The van der Waals surface area contributed by atoms with Gasteiger partial charge in [-0.05, 0) is 48.0 Å². The Labute approximate surface area is 138 Å². The largest absolute Gasteiger partial charge is 0.478 e. The fraction of sp³-hybridized carbons (Fsp3) is 0. The van der Waals surface area contributed by atoms with Crippen molar-refractivity contribution in [1.29, 1.82) is 0 Å². The number of aliphatic carboxylic acids is 1. The van der Waals surface area contributed by atoms with Crippen LogP contribution >= 0.6 is 0 Å². The Bertz CT molecular complexity index is 993. The average Bonchev–Trinajstić information content (AvgIpc) is 2.88. The highest BCUT2D eigenvalue weighted by Crippen LogP contribution is 2.38. The van der Waals surface area contributed by atoms with E-state index in [4.69, 9.17) is 19.9 Å². The highest BCUT2D eigenvalue weighted by atomic mass is 32.2. The van der Waals surface area contributed by atoms with E-state index in [9.17, 15) is 9.00 Å². The van der Waals surface area contributed by atoms with Gasteiger partial charge in [-0.15, -0.1) is 10.8 Å². The van der Waals surface area contributed by atoms with E-state index in [0.717, 1.165) is 6.08 Å². The third kappa shape index (κ3) is 3.39. The minimum Gasteiger partial charge on any atom is -0.478 e. The van der Waals surface area contributed by atoms with Crippen LogP contribution in [0.5, 0.6) is 11.5 Å². The van der Waals surface area contributed by atoms with Crippen LogP contribution in [0, 0.1) is 12.3 Å². The van der Waals surface area contributed by atoms with E-state index < -0.39 is 16.3 Å². The van der Waals surface area contributed by atoms with Gasteiger partial charge in [0.25, 0.3) is 0 Å². The number of nitrogens with zero attached hydrogens (tertiary/aromatic N) is 1. The third-order valence-corrected chi connectivity index (χ3v) is 4.24. The Morgan fingerprint density at radius 1 is 1.17 bits per heavy atom. The molecule has 0 saturated carbocycles. The van der Waals surface area contributed by atoms with E-state index >= 15 is 0 Å². The molecule has 6 nitrogen and oxygen atoms in total. The summed E-state index contributed by atoms with van der Waals surface area (Å²) >= 11 is 0. The number of fused-ring (bicyclic) bond motifs is 1. The second-order valence-electron chi connectivity index (χ2n) is 4.75. The molecule has 120 valence electrons. The van der Waals surface area contributed by atoms with E-state index in [1.165, 1.54) is 12.1 Å². The molecule has 1 N–H and O–H groups in total. The highest BCUT2D eigenvalue weighted by Gasteiger charge is 2.27. The van der Waals surface area contributed by atoms with Gasteiger partial charge in [-0.1, -0.05) is 12.0 Å². The first kappa shape index (κ1) is 15.6. The minimum atomic E-state index is -3.40. The Morgan fingerprint density at radius 2 is 1.88 bits per heavy atom. The fourth-order valence-electron chi connectivity index (χ4n) is 1.96. The van der Waals surface area contributed by atoms with Crippen molar-refractivity contribution in [2.24, 2.45) is 4.36 Å². The lowest BCUT2D eigenvalue weighted by atomic mass is 10.2. The van der Waals surface area contributed by atoms with Crippen LogP contribution in [-0.4, -0.2) is 15.3 Å². The third-order valence-electron chi connectivity index (χ3n) is 3.03. The van der Waals surface area contributed by atoms with Gasteiger partial charge < -0.3 is 13.5 Å². The number of hydrogen-bond donors (Lipinski definition) is 1. The maximum Gasteiger partial charge on any atom is 0.393 e. The zero-order chi connectivity index (χ0) is 17.2. The Kier molecular flexibility index (Phi) is 3.98. The number of rotatable bonds is 3. The van der Waals surface area contributed by atoms with Crippen LogP contribution in [0.3, 0.4) is 0 Å². The zero-order valence-corrected chi connectivity index (χ0v) is 13.0. The van der Waals surface area contributed by atoms with Crippen molar-refractivity contribution in [1.82, 2.24) is 0 Å². The van der Waals surface area contributed by atoms with Crippen molar-refractivity contribution in [3.63, 3.8) is 0 Å². The van der Waals surface area contributed by atoms with Gasteiger partial charge >= 0.3 is 16.3 Å². The smallest absolute Gasteiger partial charge is 0.393 e. The van der Waals surface area contributed by atoms with Gasteiger partial charge in [-0.2, -0.15) is 4.21 Å². The number of hydrogen-bond acceptors (Lipinski definition) is 5. The van der Waals surface area contributed by atoms with Crippen molar-refractivity contribution < 1.29 is 22.5 Å². The second kappa shape index (κ2) is 6.10. The summed E-state index contributed by atoms with van der Waals surface area (Å²) in [5.74, 6) is 1.91. The number of carboxylic acid groups (broad SMARTS) is 1. The van der Waals surface area contributed by atoms with Gasteiger partial charge in [0.05, 0.1) is 5.69 Å². The van der Waals surface area contributed by atoms with Crippen LogP contribution in [0.1, 0.15) is 11.1 Å². The molecule has 7 heteroatoms. The number of carboxylic acids is 1. The summed E-state index contributed by atoms with van der Waals surface area (Å²) in [7, 11) is -3.40. The van der Waals surface area contributed by atoms with Crippen LogP contribution in [0.2, 0.25) is 0 Å². The van der Waals surface area contributed by atoms with E-state index in [1.54, 1.807) is 36.4 Å². The van der Waals surface area contributed by atoms with Crippen molar-refractivity contribution in [2.45, 2.75) is 0 Å². The lowest BCUT2D eigenvalue weighted by molar-refractivity contribution is -0.131. The van der Waals surface area contributed by atoms with E-state index in [2.05, 4.69) is 10.3 Å². The molecule has 1 unspecified atom stereocenters. The molecule has 0 radical (unpaired) electrons. The molecule has 0 bridgehead atoms. The van der Waals surface area contributed by atoms with Crippen molar-refractivity contribution >= 4 is 28.0 Å². The van der Waals surface area contributed by atoms with E-state index in [-0.39, 0.29) is 11.5 Å². The van der Waals surface area contributed by atoms with Crippen molar-refractivity contribution in [3.8, 4) is 23.8 Å². The Morgan fingerprint density at radius 3 is 2.54 bits per heavy atom. The molecule has 1 heterocycles. The van der Waals surface area contributed by atoms with Crippen molar-refractivity contribution in [3.05, 3.63) is 59.7 Å². The molecule has 24 heavy (non-hydrogen) atoms. The van der Waals surface area contributed by atoms with Crippen molar-refractivity contribution in [2.75, 3.05) is 0 Å². The predicted octanol–water partition coefficient (Wildman–Crippen LogP) is 3.17. The maximum absolute atomic E-state index is 12.6. The van der Waals surface area contributed by atoms with Crippen LogP contribution in [0.15, 0.2) is 52.9 Å². The molecule has 1 atom stereocenters. The monoisotopic (exact) mass is 341 g/mol. The van der Waals surface area contributed by atoms with Crippen LogP contribution in [-0.2, 0) is 15.1 Å². The summed E-state index contributed by atoms with van der Waals surface area (Å²) in [6.45, 7) is 0. The molecule has 0 spiro atoms. The van der Waals surface area contributed by atoms with Crippen LogP contribution in [0.25, 0.3) is 6.08 Å². The molecule has 1 aliphatic rings. The average molecular weight is 341 g/mol. The van der Waals surface area contributed by atoms with Crippen LogP contribution in [0.4, 0.5) is 5.69 Å². The standard InChI is InChI=1S/C17H11NO5S/c1-2-12-3-7-14(8-4-12)18-24(21)22-15-9-5-13(6-10-17(19)20)11-16(15)23-24/h1,3-11H,(H,19,20)/b10-6+. The van der Waals surface area contributed by atoms with Gasteiger partial charge in [-0.3, -0.25) is 0 Å². The quantitative estimate of drug-likeness (QED) is 0.685. The molecule has 2 aromatic carbocycles. The maximum atomic E-state index is 12.6. The molecule has 0 aliphatic carbocycles. The summed E-state index contributed by atoms with van der Waals surface area (Å²) in [6.07, 6.45) is 7.66. The number of benzene rings is 2. The fourth-order valence-corrected chi connectivity index (χ4v) is 3.17. The SMILES string of the molecule is C#Cc1ccc(N=S2(=O)Oc3ccc(/C=C/C(=O)O)cc3O2)cc1. The van der Waals surface area contributed by atoms with Gasteiger partial charge in [0.15, 0.2) is 11.5 Å². The molecule has 0 aromatic heterocycles. The van der Waals surface area contributed by atoms with Gasteiger partial charge in [-0.25, -0.2) is 4.79 Å². The molecule has 0 saturated heterocycles. The molecule has 2 aromatic rings. The highest BCUT2D eigenvalue weighted by molar-refractivity contribution is 7.85. The van der Waals surface area contributed by atoms with Gasteiger partial charge in [0, 0.05) is 11.6 Å². The summed E-state index contributed by atoms with van der Waals surface area (Å²) in [6, 6.07) is 11.2. The van der Waals surface area contributed by atoms with E-state index in [1.807, 2.05) is 0 Å². The topological polar surface area (TPSA) is 85.2 Å². The summed E-state index contributed by atoms with van der Waals surface area (Å²) in [4.78, 5) is 10.5. The minimum absolute atomic E-state index is 0.233. The molecule has 3 rings (SSSR count). The molecule has 1 aliphatic heterocycles. The summed E-state index contributed by atoms with van der Waals surface area (Å²) < 4.78 is 27.2. The lowest BCUT2D eigenvalue weighted by Gasteiger charge is -2.00. The number of terminal acetylenes is 1. The Balaban J connectivity index is 1.89. The number of carbonyl (C=O) groups is 1. The zero-order valence-electron chi connectivity index (χ0n) is 12.2. The molecule has 0 amide bonds. The molecule has 0 fully saturated rings. The first-order valence-corrected chi connectivity index (χ1v) is 8.12. The van der Waals surface area contributed by atoms with E-state index in [0.29, 0.717) is 16.8 Å². The van der Waals surface area contributed by atoms with Gasteiger partial charge in [0.2, 0.25) is 0 Å². The lowest BCUT2D eigenvalue weighted by Crippen LogP contribution is -2.08.